The molecule has 2 aromatic rings. The second-order valence-corrected chi connectivity index (χ2v) is 4.80. The molecule has 1 heterocycles. The van der Waals surface area contributed by atoms with Gasteiger partial charge >= 0.3 is 0 Å². The summed E-state index contributed by atoms with van der Waals surface area (Å²) in [6.45, 7) is 2.12. The van der Waals surface area contributed by atoms with Crippen LogP contribution in [0.1, 0.15) is 42.1 Å². The van der Waals surface area contributed by atoms with Crippen molar-refractivity contribution in [3.63, 3.8) is 0 Å². The molecule has 1 aromatic heterocycles. The van der Waals surface area contributed by atoms with E-state index >= 15 is 0 Å². The molecular formula is C16H19NO3. The minimum absolute atomic E-state index is 0.220. The molecule has 4 heteroatoms. The average molecular weight is 273 g/mol. The van der Waals surface area contributed by atoms with Gasteiger partial charge in [-0.1, -0.05) is 25.8 Å². The lowest BCUT2D eigenvalue weighted by Crippen LogP contribution is -2.16. The smallest absolute Gasteiger partial charge is 0.259 e. The summed E-state index contributed by atoms with van der Waals surface area (Å²) >= 11 is 0. The Bertz CT molecular complexity index is 673. The molecule has 0 bridgehead atoms. The van der Waals surface area contributed by atoms with E-state index < -0.39 is 0 Å². The molecule has 1 N–H and O–H groups in total. The Kier molecular flexibility index (Phi) is 4.56. The third-order valence-electron chi connectivity index (χ3n) is 3.51. The van der Waals surface area contributed by atoms with Crippen molar-refractivity contribution in [2.75, 3.05) is 7.11 Å². The van der Waals surface area contributed by atoms with Gasteiger partial charge in [-0.3, -0.25) is 9.59 Å². The highest BCUT2D eigenvalue weighted by molar-refractivity contribution is 5.94. The number of nitrogens with one attached hydrogen (secondary N) is 1. The average Bonchev–Trinajstić information content (AvgIpc) is 2.46. The van der Waals surface area contributed by atoms with E-state index in [1.165, 1.54) is 0 Å². The van der Waals surface area contributed by atoms with Crippen molar-refractivity contribution in [1.82, 2.24) is 4.98 Å². The van der Waals surface area contributed by atoms with Crippen molar-refractivity contribution in [3.8, 4) is 5.75 Å². The van der Waals surface area contributed by atoms with E-state index in [2.05, 4.69) is 11.9 Å². The molecule has 106 valence electrons. The number of aromatic nitrogens is 1. The molecule has 4 nitrogen and oxygen atoms in total. The lowest BCUT2D eigenvalue weighted by Gasteiger charge is -2.12. The number of unbranched alkanes of at least 4 members (excludes halogenated alkanes) is 2. The SMILES string of the molecule is CCCCCc1c(C=O)c(=O)[nH]c2cccc(OC)c12. The fraction of sp³-hybridized carbons (Fsp3) is 0.375. The van der Waals surface area contributed by atoms with Gasteiger partial charge < -0.3 is 9.72 Å². The summed E-state index contributed by atoms with van der Waals surface area (Å²) in [7, 11) is 1.59. The maximum Gasteiger partial charge on any atom is 0.259 e. The van der Waals surface area contributed by atoms with Crippen LogP contribution in [0.4, 0.5) is 0 Å². The maximum absolute atomic E-state index is 12.0. The normalized spacial score (nSPS) is 10.7. The van der Waals surface area contributed by atoms with E-state index in [0.29, 0.717) is 24.0 Å². The second kappa shape index (κ2) is 6.37. The van der Waals surface area contributed by atoms with Crippen LogP contribution in [0.3, 0.4) is 0 Å². The molecule has 0 saturated heterocycles. The van der Waals surface area contributed by atoms with Crippen LogP contribution in [0.2, 0.25) is 0 Å². The lowest BCUT2D eigenvalue weighted by atomic mass is 9.97. The molecule has 1 aromatic carbocycles. The van der Waals surface area contributed by atoms with Crippen LogP contribution in [0, 0.1) is 0 Å². The molecular weight excluding hydrogens is 254 g/mol. The van der Waals surface area contributed by atoms with Gasteiger partial charge in [-0.05, 0) is 30.5 Å². The Balaban J connectivity index is 2.69. The molecule has 0 aliphatic carbocycles. The van der Waals surface area contributed by atoms with Crippen molar-refractivity contribution < 1.29 is 9.53 Å². The Labute approximate surface area is 117 Å². The van der Waals surface area contributed by atoms with Gasteiger partial charge in [0.05, 0.1) is 18.2 Å². The first-order chi connectivity index (χ1) is 9.72. The van der Waals surface area contributed by atoms with E-state index in [1.54, 1.807) is 7.11 Å². The standard InChI is InChI=1S/C16H19NO3/c1-3-4-5-7-11-12(10-18)16(19)17-13-8-6-9-14(20-2)15(11)13/h6,8-10H,3-5,7H2,1-2H3,(H,17,19). The number of aryl methyl sites for hydroxylation is 1. The van der Waals surface area contributed by atoms with E-state index in [1.807, 2.05) is 18.2 Å². The topological polar surface area (TPSA) is 59.2 Å². The molecule has 0 amide bonds. The van der Waals surface area contributed by atoms with E-state index in [4.69, 9.17) is 4.74 Å². The molecule has 0 aliphatic heterocycles. The van der Waals surface area contributed by atoms with Gasteiger partial charge in [-0.15, -0.1) is 0 Å². The van der Waals surface area contributed by atoms with E-state index in [9.17, 15) is 9.59 Å². The number of hydrogen-bond acceptors (Lipinski definition) is 3. The number of ether oxygens (including phenoxy) is 1. The zero-order chi connectivity index (χ0) is 14.5. The number of carbonyl (C=O) groups is 1. The third-order valence-corrected chi connectivity index (χ3v) is 3.51. The van der Waals surface area contributed by atoms with Crippen LogP contribution in [0.5, 0.6) is 5.75 Å². The van der Waals surface area contributed by atoms with Crippen molar-refractivity contribution in [3.05, 3.63) is 39.7 Å². The fourth-order valence-corrected chi connectivity index (χ4v) is 2.51. The van der Waals surface area contributed by atoms with Gasteiger partial charge in [-0.2, -0.15) is 0 Å². The zero-order valence-corrected chi connectivity index (χ0v) is 11.9. The fourth-order valence-electron chi connectivity index (χ4n) is 2.51. The lowest BCUT2D eigenvalue weighted by molar-refractivity contribution is 0.112. The van der Waals surface area contributed by atoms with Gasteiger partial charge in [0.15, 0.2) is 6.29 Å². The molecule has 0 unspecified atom stereocenters. The van der Waals surface area contributed by atoms with Crippen LogP contribution >= 0.6 is 0 Å². The minimum atomic E-state index is -0.327. The number of pyridine rings is 1. The number of hydrogen-bond donors (Lipinski definition) is 1. The number of H-pyrrole nitrogens is 1. The first-order valence-corrected chi connectivity index (χ1v) is 6.90. The highest BCUT2D eigenvalue weighted by Crippen LogP contribution is 2.29. The summed E-state index contributed by atoms with van der Waals surface area (Å²) < 4.78 is 5.38. The molecule has 0 spiro atoms. The number of aldehydes is 1. The van der Waals surface area contributed by atoms with Gasteiger partial charge in [-0.25, -0.2) is 0 Å². The van der Waals surface area contributed by atoms with Gasteiger partial charge in [0, 0.05) is 5.39 Å². The number of aromatic amines is 1. The van der Waals surface area contributed by atoms with Crippen molar-refractivity contribution >= 4 is 17.2 Å². The first-order valence-electron chi connectivity index (χ1n) is 6.90. The monoisotopic (exact) mass is 273 g/mol. The quantitative estimate of drug-likeness (QED) is 0.650. The minimum Gasteiger partial charge on any atom is -0.496 e. The molecule has 20 heavy (non-hydrogen) atoms. The first kappa shape index (κ1) is 14.3. The summed E-state index contributed by atoms with van der Waals surface area (Å²) in [5, 5.41) is 0.841. The van der Waals surface area contributed by atoms with Crippen molar-refractivity contribution in [2.24, 2.45) is 0 Å². The second-order valence-electron chi connectivity index (χ2n) is 4.80. The molecule has 0 saturated carbocycles. The van der Waals surface area contributed by atoms with Gasteiger partial charge in [0.2, 0.25) is 0 Å². The Morgan fingerprint density at radius 2 is 2.10 bits per heavy atom. The number of fused-ring (bicyclic) bond motifs is 1. The molecule has 0 atom stereocenters. The van der Waals surface area contributed by atoms with Crippen LogP contribution in [0.15, 0.2) is 23.0 Å². The highest BCUT2D eigenvalue weighted by atomic mass is 16.5. The van der Waals surface area contributed by atoms with Crippen LogP contribution in [0.25, 0.3) is 10.9 Å². The summed E-state index contributed by atoms with van der Waals surface area (Å²) in [5.41, 5.74) is 1.40. The Morgan fingerprint density at radius 3 is 2.75 bits per heavy atom. The predicted molar refractivity (Wildman–Crippen MR) is 79.7 cm³/mol. The Hall–Kier alpha value is -2.10. The number of methoxy groups -OCH3 is 1. The molecule has 0 aliphatic rings. The van der Waals surface area contributed by atoms with Crippen LogP contribution < -0.4 is 10.3 Å². The maximum atomic E-state index is 12.0. The largest absolute Gasteiger partial charge is 0.496 e. The third kappa shape index (κ3) is 2.59. The summed E-state index contributed by atoms with van der Waals surface area (Å²) in [6.07, 6.45) is 4.47. The number of rotatable bonds is 6. The predicted octanol–water partition coefficient (Wildman–Crippen LogP) is 3.08. The van der Waals surface area contributed by atoms with Crippen molar-refractivity contribution in [1.29, 1.82) is 0 Å². The summed E-state index contributed by atoms with van der Waals surface area (Å²) in [4.78, 5) is 26.0. The van der Waals surface area contributed by atoms with Crippen LogP contribution in [-0.2, 0) is 6.42 Å². The highest BCUT2D eigenvalue weighted by Gasteiger charge is 2.15. The zero-order valence-electron chi connectivity index (χ0n) is 11.9. The summed E-state index contributed by atoms with van der Waals surface area (Å²) in [6, 6.07) is 5.50. The van der Waals surface area contributed by atoms with Gasteiger partial charge in [0.1, 0.15) is 5.75 Å². The molecule has 0 radical (unpaired) electrons. The van der Waals surface area contributed by atoms with E-state index in [0.717, 1.165) is 30.2 Å². The van der Waals surface area contributed by atoms with Gasteiger partial charge in [0.25, 0.3) is 5.56 Å². The number of carbonyl (C=O) groups excluding carboxylic acids is 1. The number of benzene rings is 1. The van der Waals surface area contributed by atoms with Crippen LogP contribution in [-0.4, -0.2) is 18.4 Å². The molecule has 2 rings (SSSR count). The molecule has 0 fully saturated rings. The summed E-state index contributed by atoms with van der Waals surface area (Å²) in [5.74, 6) is 0.688. The van der Waals surface area contributed by atoms with E-state index in [-0.39, 0.29) is 11.1 Å². The Morgan fingerprint density at radius 1 is 1.30 bits per heavy atom. The van der Waals surface area contributed by atoms with Crippen molar-refractivity contribution in [2.45, 2.75) is 32.6 Å².